The van der Waals surface area contributed by atoms with Crippen LogP contribution in [-0.4, -0.2) is 17.4 Å². The van der Waals surface area contributed by atoms with E-state index in [1.54, 1.807) is 18.2 Å². The molecule has 0 spiro atoms. The van der Waals surface area contributed by atoms with Crippen molar-refractivity contribution in [2.75, 3.05) is 6.54 Å². The highest BCUT2D eigenvalue weighted by Crippen LogP contribution is 2.37. The summed E-state index contributed by atoms with van der Waals surface area (Å²) in [6.07, 6.45) is 0.813. The van der Waals surface area contributed by atoms with Gasteiger partial charge in [0.05, 0.1) is 16.1 Å². The summed E-state index contributed by atoms with van der Waals surface area (Å²) in [5, 5.41) is 1.49. The average Bonchev–Trinajstić information content (AvgIpc) is 2.69. The van der Waals surface area contributed by atoms with E-state index in [0.29, 0.717) is 27.2 Å². The van der Waals surface area contributed by atoms with E-state index in [2.05, 4.69) is 12.1 Å². The van der Waals surface area contributed by atoms with Crippen molar-refractivity contribution >= 4 is 40.7 Å². The number of amides is 1. The number of fused-ring (bicyclic) bond motifs is 1. The zero-order chi connectivity index (χ0) is 19.0. The molecule has 5 heteroatoms. The van der Waals surface area contributed by atoms with E-state index in [1.807, 2.05) is 41.3 Å². The van der Waals surface area contributed by atoms with Crippen LogP contribution in [0, 0.1) is 0 Å². The Morgan fingerprint density at radius 1 is 0.889 bits per heavy atom. The molecule has 1 atom stereocenters. The standard InChI is InChI=1S/C22H16Cl3NO/c23-17-8-5-15(6-9-17)21-18-4-2-1-3-14(18)11-12-26(21)22(27)16-7-10-19(24)20(25)13-16/h1-10,13,21H,11-12H2/t21-/m0/s1. The molecular formula is C22H16Cl3NO. The predicted octanol–water partition coefficient (Wildman–Crippen LogP) is 6.43. The fraction of sp³-hybridized carbons (Fsp3) is 0.136. The monoisotopic (exact) mass is 415 g/mol. The minimum absolute atomic E-state index is 0.0666. The Kier molecular flexibility index (Phi) is 5.14. The summed E-state index contributed by atoms with van der Waals surface area (Å²) in [6, 6.07) is 20.8. The molecule has 0 bridgehead atoms. The summed E-state index contributed by atoms with van der Waals surface area (Å²) in [5.74, 6) is -0.0666. The highest BCUT2D eigenvalue weighted by Gasteiger charge is 2.32. The molecule has 1 aliphatic heterocycles. The highest BCUT2D eigenvalue weighted by atomic mass is 35.5. The quantitative estimate of drug-likeness (QED) is 0.471. The van der Waals surface area contributed by atoms with E-state index in [-0.39, 0.29) is 11.9 Å². The number of nitrogens with zero attached hydrogens (tertiary/aromatic N) is 1. The van der Waals surface area contributed by atoms with E-state index < -0.39 is 0 Å². The summed E-state index contributed by atoms with van der Waals surface area (Å²) in [5.41, 5.74) is 3.96. The van der Waals surface area contributed by atoms with Crippen LogP contribution in [-0.2, 0) is 6.42 Å². The van der Waals surface area contributed by atoms with Gasteiger partial charge in [0.15, 0.2) is 0 Å². The van der Waals surface area contributed by atoms with Crippen molar-refractivity contribution in [1.82, 2.24) is 4.90 Å². The van der Waals surface area contributed by atoms with Crippen molar-refractivity contribution in [1.29, 1.82) is 0 Å². The molecule has 1 aliphatic rings. The molecule has 2 nitrogen and oxygen atoms in total. The van der Waals surface area contributed by atoms with E-state index in [1.165, 1.54) is 5.56 Å². The first kappa shape index (κ1) is 18.4. The smallest absolute Gasteiger partial charge is 0.254 e. The second kappa shape index (κ2) is 7.55. The first-order valence-corrected chi connectivity index (χ1v) is 9.77. The van der Waals surface area contributed by atoms with E-state index >= 15 is 0 Å². The average molecular weight is 417 g/mol. The summed E-state index contributed by atoms with van der Waals surface area (Å²) in [6.45, 7) is 0.628. The lowest BCUT2D eigenvalue weighted by Gasteiger charge is -2.38. The van der Waals surface area contributed by atoms with Crippen molar-refractivity contribution < 1.29 is 4.79 Å². The van der Waals surface area contributed by atoms with Gasteiger partial charge in [0, 0.05) is 17.1 Å². The molecule has 4 rings (SSSR count). The maximum Gasteiger partial charge on any atom is 0.254 e. The Morgan fingerprint density at radius 3 is 2.37 bits per heavy atom. The van der Waals surface area contributed by atoms with Gasteiger partial charge in [0.1, 0.15) is 0 Å². The minimum Gasteiger partial charge on any atom is -0.327 e. The lowest BCUT2D eigenvalue weighted by atomic mass is 9.87. The molecule has 136 valence electrons. The van der Waals surface area contributed by atoms with E-state index in [0.717, 1.165) is 17.5 Å². The van der Waals surface area contributed by atoms with Gasteiger partial charge in [-0.15, -0.1) is 0 Å². The SMILES string of the molecule is O=C(c1ccc(Cl)c(Cl)c1)N1CCc2ccccc2[C@@H]1c1ccc(Cl)cc1. The van der Waals surface area contributed by atoms with Gasteiger partial charge >= 0.3 is 0 Å². The number of carbonyl (C=O) groups is 1. The van der Waals surface area contributed by atoms with Gasteiger partial charge in [-0.2, -0.15) is 0 Å². The van der Waals surface area contributed by atoms with Crippen LogP contribution >= 0.6 is 34.8 Å². The Labute approximate surface area is 173 Å². The van der Waals surface area contributed by atoms with Crippen molar-refractivity contribution in [2.45, 2.75) is 12.5 Å². The molecule has 0 aromatic heterocycles. The maximum absolute atomic E-state index is 13.3. The molecular weight excluding hydrogens is 401 g/mol. The molecule has 0 aliphatic carbocycles. The molecule has 27 heavy (non-hydrogen) atoms. The highest BCUT2D eigenvalue weighted by molar-refractivity contribution is 6.42. The molecule has 1 heterocycles. The zero-order valence-electron chi connectivity index (χ0n) is 14.3. The first-order chi connectivity index (χ1) is 13.0. The van der Waals surface area contributed by atoms with Gasteiger partial charge in [0.25, 0.3) is 5.91 Å². The Bertz CT molecular complexity index is 1000. The fourth-order valence-corrected chi connectivity index (χ4v) is 4.01. The lowest BCUT2D eigenvalue weighted by molar-refractivity contribution is 0.0694. The normalized spacial score (nSPS) is 16.1. The number of rotatable bonds is 2. The molecule has 0 fully saturated rings. The first-order valence-electron chi connectivity index (χ1n) is 8.64. The van der Waals surface area contributed by atoms with Crippen LogP contribution in [0.5, 0.6) is 0 Å². The molecule has 3 aromatic rings. The molecule has 1 amide bonds. The number of halogens is 3. The van der Waals surface area contributed by atoms with Crippen LogP contribution in [0.2, 0.25) is 15.1 Å². The topological polar surface area (TPSA) is 20.3 Å². The Balaban J connectivity index is 1.79. The summed E-state index contributed by atoms with van der Waals surface area (Å²) in [4.78, 5) is 15.2. The van der Waals surface area contributed by atoms with Gasteiger partial charge in [-0.3, -0.25) is 4.79 Å². The van der Waals surface area contributed by atoms with Crippen LogP contribution < -0.4 is 0 Å². The number of benzene rings is 3. The number of hydrogen-bond donors (Lipinski definition) is 0. The van der Waals surface area contributed by atoms with Crippen molar-refractivity contribution in [2.24, 2.45) is 0 Å². The third-order valence-corrected chi connectivity index (χ3v) is 5.89. The Morgan fingerprint density at radius 2 is 1.63 bits per heavy atom. The predicted molar refractivity (Wildman–Crippen MR) is 111 cm³/mol. The molecule has 0 unspecified atom stereocenters. The summed E-state index contributed by atoms with van der Waals surface area (Å²) in [7, 11) is 0. The van der Waals surface area contributed by atoms with Crippen LogP contribution in [0.15, 0.2) is 66.7 Å². The lowest BCUT2D eigenvalue weighted by Crippen LogP contribution is -2.40. The molecule has 0 radical (unpaired) electrons. The van der Waals surface area contributed by atoms with Gasteiger partial charge < -0.3 is 4.90 Å². The van der Waals surface area contributed by atoms with Gasteiger partial charge in [-0.1, -0.05) is 71.2 Å². The van der Waals surface area contributed by atoms with Gasteiger partial charge in [-0.05, 0) is 53.4 Å². The Hall–Kier alpha value is -2.00. The van der Waals surface area contributed by atoms with Crippen molar-refractivity contribution in [3.05, 3.63) is 104 Å². The van der Waals surface area contributed by atoms with Crippen molar-refractivity contribution in [3.8, 4) is 0 Å². The summed E-state index contributed by atoms with van der Waals surface area (Å²) >= 11 is 18.2. The van der Waals surface area contributed by atoms with Crippen LogP contribution in [0.3, 0.4) is 0 Å². The maximum atomic E-state index is 13.3. The van der Waals surface area contributed by atoms with E-state index in [4.69, 9.17) is 34.8 Å². The van der Waals surface area contributed by atoms with Crippen LogP contribution in [0.4, 0.5) is 0 Å². The third-order valence-electron chi connectivity index (χ3n) is 4.90. The minimum atomic E-state index is -0.172. The van der Waals surface area contributed by atoms with Crippen LogP contribution in [0.25, 0.3) is 0 Å². The van der Waals surface area contributed by atoms with Crippen LogP contribution in [0.1, 0.15) is 33.1 Å². The molecule has 0 N–H and O–H groups in total. The largest absolute Gasteiger partial charge is 0.327 e. The second-order valence-electron chi connectivity index (χ2n) is 6.53. The third kappa shape index (κ3) is 3.58. The number of carbonyl (C=O) groups excluding carboxylic acids is 1. The van der Waals surface area contributed by atoms with Gasteiger partial charge in [0.2, 0.25) is 0 Å². The summed E-state index contributed by atoms with van der Waals surface area (Å²) < 4.78 is 0. The van der Waals surface area contributed by atoms with E-state index in [9.17, 15) is 4.79 Å². The fourth-order valence-electron chi connectivity index (χ4n) is 3.58. The second-order valence-corrected chi connectivity index (χ2v) is 7.78. The zero-order valence-corrected chi connectivity index (χ0v) is 16.6. The molecule has 0 saturated carbocycles. The van der Waals surface area contributed by atoms with Crippen molar-refractivity contribution in [3.63, 3.8) is 0 Å². The molecule has 0 saturated heterocycles. The number of hydrogen-bond acceptors (Lipinski definition) is 1. The van der Waals surface area contributed by atoms with Gasteiger partial charge in [-0.25, -0.2) is 0 Å². The molecule has 3 aromatic carbocycles.